The minimum atomic E-state index is -0.505. The molecule has 1 fully saturated rings. The Morgan fingerprint density at radius 1 is 1.53 bits per heavy atom. The fourth-order valence-corrected chi connectivity index (χ4v) is 1.84. The molecule has 0 spiro atoms. The third-order valence-electron chi connectivity index (χ3n) is 2.80. The molecule has 92 valence electrons. The van der Waals surface area contributed by atoms with E-state index in [1.54, 1.807) is 0 Å². The van der Waals surface area contributed by atoms with Crippen LogP contribution in [-0.2, 0) is 0 Å². The summed E-state index contributed by atoms with van der Waals surface area (Å²) in [5, 5.41) is 16.8. The first-order valence-corrected chi connectivity index (χ1v) is 5.67. The number of rotatable bonds is 4. The largest absolute Gasteiger partial charge is 0.354 e. The highest BCUT2D eigenvalue weighted by Gasteiger charge is 2.13. The highest BCUT2D eigenvalue weighted by atomic mass is 16.6. The van der Waals surface area contributed by atoms with Crippen molar-refractivity contribution in [3.05, 3.63) is 22.5 Å². The van der Waals surface area contributed by atoms with Crippen molar-refractivity contribution in [2.75, 3.05) is 25.0 Å². The average Bonchev–Trinajstić information content (AvgIpc) is 2.38. The van der Waals surface area contributed by atoms with E-state index in [-0.39, 0.29) is 5.69 Å². The molecule has 1 unspecified atom stereocenters. The first kappa shape index (κ1) is 11.7. The SMILES string of the molecule is O=[N+]([O-])c1cnc(NCC2CCCNC2)nc1. The van der Waals surface area contributed by atoms with Crippen LogP contribution in [0.15, 0.2) is 12.4 Å². The zero-order chi connectivity index (χ0) is 12.1. The van der Waals surface area contributed by atoms with Gasteiger partial charge in [0, 0.05) is 6.54 Å². The molecule has 1 aliphatic rings. The van der Waals surface area contributed by atoms with Crippen LogP contribution in [0.1, 0.15) is 12.8 Å². The van der Waals surface area contributed by atoms with Gasteiger partial charge in [-0.05, 0) is 31.8 Å². The fourth-order valence-electron chi connectivity index (χ4n) is 1.84. The molecule has 0 saturated carbocycles. The Morgan fingerprint density at radius 2 is 2.29 bits per heavy atom. The normalized spacial score (nSPS) is 19.9. The molecule has 0 aromatic carbocycles. The van der Waals surface area contributed by atoms with Gasteiger partial charge in [-0.25, -0.2) is 9.97 Å². The van der Waals surface area contributed by atoms with Crippen LogP contribution in [0.2, 0.25) is 0 Å². The molecule has 2 N–H and O–H groups in total. The van der Waals surface area contributed by atoms with Crippen molar-refractivity contribution in [3.8, 4) is 0 Å². The molecule has 0 radical (unpaired) electrons. The summed E-state index contributed by atoms with van der Waals surface area (Å²) in [6.07, 6.45) is 4.81. The number of aromatic nitrogens is 2. The zero-order valence-electron chi connectivity index (χ0n) is 9.43. The quantitative estimate of drug-likeness (QED) is 0.594. The van der Waals surface area contributed by atoms with Gasteiger partial charge < -0.3 is 10.6 Å². The highest BCUT2D eigenvalue weighted by molar-refractivity contribution is 5.30. The van der Waals surface area contributed by atoms with Gasteiger partial charge in [-0.2, -0.15) is 0 Å². The number of nitro groups is 1. The summed E-state index contributed by atoms with van der Waals surface area (Å²) in [4.78, 5) is 17.7. The van der Waals surface area contributed by atoms with E-state index in [9.17, 15) is 10.1 Å². The molecule has 1 aromatic rings. The second-order valence-electron chi connectivity index (χ2n) is 4.12. The van der Waals surface area contributed by atoms with Crippen LogP contribution in [0.3, 0.4) is 0 Å². The molecule has 7 heteroatoms. The predicted octanol–water partition coefficient (Wildman–Crippen LogP) is 0.796. The minimum absolute atomic E-state index is 0.0881. The lowest BCUT2D eigenvalue weighted by molar-refractivity contribution is -0.385. The maximum Gasteiger partial charge on any atom is 0.305 e. The van der Waals surface area contributed by atoms with Crippen molar-refractivity contribution in [1.82, 2.24) is 15.3 Å². The topological polar surface area (TPSA) is 93.0 Å². The maximum atomic E-state index is 10.4. The van der Waals surface area contributed by atoms with Crippen molar-refractivity contribution in [2.45, 2.75) is 12.8 Å². The molecule has 0 amide bonds. The van der Waals surface area contributed by atoms with E-state index in [1.165, 1.54) is 25.2 Å². The lowest BCUT2D eigenvalue weighted by Crippen LogP contribution is -2.33. The third-order valence-corrected chi connectivity index (χ3v) is 2.80. The molecule has 0 aliphatic carbocycles. The van der Waals surface area contributed by atoms with Gasteiger partial charge in [-0.15, -0.1) is 0 Å². The van der Waals surface area contributed by atoms with Crippen molar-refractivity contribution in [3.63, 3.8) is 0 Å². The monoisotopic (exact) mass is 237 g/mol. The first-order valence-electron chi connectivity index (χ1n) is 5.67. The van der Waals surface area contributed by atoms with Gasteiger partial charge >= 0.3 is 5.69 Å². The van der Waals surface area contributed by atoms with Gasteiger partial charge in [0.2, 0.25) is 5.95 Å². The second kappa shape index (κ2) is 5.53. The van der Waals surface area contributed by atoms with E-state index < -0.39 is 4.92 Å². The van der Waals surface area contributed by atoms with Crippen LogP contribution in [0, 0.1) is 16.0 Å². The molecular weight excluding hydrogens is 222 g/mol. The average molecular weight is 237 g/mol. The van der Waals surface area contributed by atoms with Crippen molar-refractivity contribution in [2.24, 2.45) is 5.92 Å². The van der Waals surface area contributed by atoms with Gasteiger partial charge in [-0.1, -0.05) is 0 Å². The molecular formula is C10H15N5O2. The van der Waals surface area contributed by atoms with Gasteiger partial charge in [0.05, 0.1) is 4.92 Å². The minimum Gasteiger partial charge on any atom is -0.354 e. The van der Waals surface area contributed by atoms with E-state index >= 15 is 0 Å². The molecule has 1 aliphatic heterocycles. The van der Waals surface area contributed by atoms with E-state index in [1.807, 2.05) is 0 Å². The summed E-state index contributed by atoms with van der Waals surface area (Å²) in [6.45, 7) is 2.88. The van der Waals surface area contributed by atoms with Crippen molar-refractivity contribution < 1.29 is 4.92 Å². The van der Waals surface area contributed by atoms with E-state index in [2.05, 4.69) is 20.6 Å². The van der Waals surface area contributed by atoms with Crippen molar-refractivity contribution in [1.29, 1.82) is 0 Å². The van der Waals surface area contributed by atoms with Crippen LogP contribution in [-0.4, -0.2) is 34.5 Å². The number of hydrogen-bond donors (Lipinski definition) is 2. The summed E-state index contributed by atoms with van der Waals surface area (Å²) in [5.41, 5.74) is -0.0881. The predicted molar refractivity (Wildman–Crippen MR) is 62.8 cm³/mol. The van der Waals surface area contributed by atoms with E-state index in [4.69, 9.17) is 0 Å². The molecule has 2 heterocycles. The van der Waals surface area contributed by atoms with Crippen LogP contribution in [0.4, 0.5) is 11.6 Å². The summed E-state index contributed by atoms with van der Waals surface area (Å²) in [6, 6.07) is 0. The molecule has 1 saturated heterocycles. The summed E-state index contributed by atoms with van der Waals surface area (Å²) >= 11 is 0. The second-order valence-corrected chi connectivity index (χ2v) is 4.12. The molecule has 17 heavy (non-hydrogen) atoms. The lowest BCUT2D eigenvalue weighted by Gasteiger charge is -2.22. The Labute approximate surface area is 98.8 Å². The third kappa shape index (κ3) is 3.35. The zero-order valence-corrected chi connectivity index (χ0v) is 9.43. The maximum absolute atomic E-state index is 10.4. The summed E-state index contributed by atoms with van der Waals surface area (Å²) < 4.78 is 0. The van der Waals surface area contributed by atoms with Gasteiger partial charge in [0.1, 0.15) is 12.4 Å². The number of nitrogens with zero attached hydrogens (tertiary/aromatic N) is 3. The van der Waals surface area contributed by atoms with Crippen LogP contribution in [0.25, 0.3) is 0 Å². The molecule has 0 bridgehead atoms. The standard InChI is InChI=1S/C10H15N5O2/c16-15(17)9-6-13-10(14-7-9)12-5-8-2-1-3-11-4-8/h6-8,11H,1-5H2,(H,12,13,14). The smallest absolute Gasteiger partial charge is 0.305 e. The number of hydrogen-bond acceptors (Lipinski definition) is 6. The fraction of sp³-hybridized carbons (Fsp3) is 0.600. The van der Waals surface area contributed by atoms with Crippen molar-refractivity contribution >= 4 is 11.6 Å². The number of anilines is 1. The van der Waals surface area contributed by atoms with Gasteiger partial charge in [-0.3, -0.25) is 10.1 Å². The van der Waals surface area contributed by atoms with Gasteiger partial charge in [0.15, 0.2) is 0 Å². The summed E-state index contributed by atoms with van der Waals surface area (Å²) in [7, 11) is 0. The Kier molecular flexibility index (Phi) is 3.81. The van der Waals surface area contributed by atoms with E-state index in [0.717, 1.165) is 19.6 Å². The van der Waals surface area contributed by atoms with E-state index in [0.29, 0.717) is 11.9 Å². The molecule has 1 atom stereocenters. The number of piperidine rings is 1. The Balaban J connectivity index is 1.84. The number of nitrogens with one attached hydrogen (secondary N) is 2. The Bertz CT molecular complexity index is 375. The lowest BCUT2D eigenvalue weighted by atomic mass is 10.00. The first-order chi connectivity index (χ1) is 8.25. The van der Waals surface area contributed by atoms with Crippen LogP contribution >= 0.6 is 0 Å². The molecule has 7 nitrogen and oxygen atoms in total. The van der Waals surface area contributed by atoms with Crippen LogP contribution < -0.4 is 10.6 Å². The highest BCUT2D eigenvalue weighted by Crippen LogP contribution is 2.12. The Hall–Kier alpha value is -1.76. The molecule has 1 aromatic heterocycles. The van der Waals surface area contributed by atoms with Gasteiger partial charge in [0.25, 0.3) is 0 Å². The van der Waals surface area contributed by atoms with Crippen LogP contribution in [0.5, 0.6) is 0 Å². The molecule has 2 rings (SSSR count). The Morgan fingerprint density at radius 3 is 2.88 bits per heavy atom. The summed E-state index contributed by atoms with van der Waals surface area (Å²) in [5.74, 6) is 1.02.